The number of amides is 1. The molecule has 0 aliphatic rings. The molecule has 0 bridgehead atoms. The van der Waals surface area contributed by atoms with Crippen LogP contribution < -0.4 is 5.32 Å². The lowest BCUT2D eigenvalue weighted by molar-refractivity contribution is 0.102. The number of rotatable bonds is 2. The lowest BCUT2D eigenvalue weighted by Gasteiger charge is -2.05. The third-order valence-corrected chi connectivity index (χ3v) is 2.37. The molecule has 19 heavy (non-hydrogen) atoms. The number of nitrogens with zero attached hydrogens (tertiary/aromatic N) is 3. The molecule has 2 aromatic heterocycles. The summed E-state index contributed by atoms with van der Waals surface area (Å²) in [5.41, 5.74) is 0.970. The Morgan fingerprint density at radius 2 is 2.37 bits per heavy atom. The molecule has 0 aliphatic carbocycles. The van der Waals surface area contributed by atoms with Crippen LogP contribution in [0.1, 0.15) is 15.9 Å². The predicted octanol–water partition coefficient (Wildman–Crippen LogP) is 0.411. The van der Waals surface area contributed by atoms with Crippen molar-refractivity contribution in [2.24, 2.45) is 7.05 Å². The number of nitrogens with one attached hydrogen (secondary N) is 1. The Hall–Kier alpha value is -2.65. The van der Waals surface area contributed by atoms with Gasteiger partial charge in [-0.3, -0.25) is 14.5 Å². The molecule has 2 heterocycles. The van der Waals surface area contributed by atoms with Crippen molar-refractivity contribution in [1.29, 1.82) is 0 Å². The Labute approximate surface area is 110 Å². The molecule has 0 spiro atoms. The standard InChI is InChI=1S/C13H12N4O2/c1-17-12(4-5-15-17)16-13(19)11-7-10(3-2-6-18)8-14-9-11/h4-5,7-9,18H,6H2,1H3,(H,16,19). The van der Waals surface area contributed by atoms with Gasteiger partial charge < -0.3 is 10.4 Å². The Bertz CT molecular complexity index is 652. The van der Waals surface area contributed by atoms with Crippen LogP contribution in [-0.2, 0) is 7.05 Å². The number of pyridine rings is 1. The number of anilines is 1. The second kappa shape index (κ2) is 5.80. The topological polar surface area (TPSA) is 80.0 Å². The molecular formula is C13H12N4O2. The minimum Gasteiger partial charge on any atom is -0.384 e. The lowest BCUT2D eigenvalue weighted by Crippen LogP contribution is -2.14. The van der Waals surface area contributed by atoms with Crippen molar-refractivity contribution in [2.75, 3.05) is 11.9 Å². The van der Waals surface area contributed by atoms with E-state index in [1.165, 1.54) is 12.4 Å². The largest absolute Gasteiger partial charge is 0.384 e. The first-order chi connectivity index (χ1) is 9.20. The van der Waals surface area contributed by atoms with Crippen LogP contribution in [0.5, 0.6) is 0 Å². The highest BCUT2D eigenvalue weighted by Gasteiger charge is 2.08. The number of carbonyl (C=O) groups excluding carboxylic acids is 1. The average molecular weight is 256 g/mol. The van der Waals surface area contributed by atoms with Crippen molar-refractivity contribution >= 4 is 11.7 Å². The van der Waals surface area contributed by atoms with Gasteiger partial charge in [0.2, 0.25) is 0 Å². The van der Waals surface area contributed by atoms with Gasteiger partial charge in [0.05, 0.1) is 11.8 Å². The quantitative estimate of drug-likeness (QED) is 0.763. The number of hydrogen-bond acceptors (Lipinski definition) is 4. The molecule has 6 heteroatoms. The van der Waals surface area contributed by atoms with Gasteiger partial charge in [-0.1, -0.05) is 11.8 Å². The highest BCUT2D eigenvalue weighted by molar-refractivity contribution is 6.03. The van der Waals surface area contributed by atoms with Gasteiger partial charge in [0.15, 0.2) is 0 Å². The molecule has 0 radical (unpaired) electrons. The van der Waals surface area contributed by atoms with Crippen LogP contribution in [-0.4, -0.2) is 32.4 Å². The molecule has 2 rings (SSSR count). The van der Waals surface area contributed by atoms with Crippen LogP contribution in [0.2, 0.25) is 0 Å². The summed E-state index contributed by atoms with van der Waals surface area (Å²) >= 11 is 0. The van der Waals surface area contributed by atoms with Crippen molar-refractivity contribution in [1.82, 2.24) is 14.8 Å². The molecule has 0 unspecified atom stereocenters. The summed E-state index contributed by atoms with van der Waals surface area (Å²) in [5.74, 6) is 5.51. The van der Waals surface area contributed by atoms with E-state index in [0.717, 1.165) is 0 Å². The van der Waals surface area contributed by atoms with Crippen LogP contribution in [0, 0.1) is 11.8 Å². The maximum Gasteiger partial charge on any atom is 0.258 e. The number of aromatic nitrogens is 3. The molecule has 0 aliphatic heterocycles. The third-order valence-electron chi connectivity index (χ3n) is 2.37. The number of aryl methyl sites for hydroxylation is 1. The molecular weight excluding hydrogens is 244 g/mol. The molecule has 2 aromatic rings. The summed E-state index contributed by atoms with van der Waals surface area (Å²) < 4.78 is 1.56. The normalized spacial score (nSPS) is 9.58. The maximum absolute atomic E-state index is 12.0. The summed E-state index contributed by atoms with van der Waals surface area (Å²) in [6.07, 6.45) is 4.58. The Morgan fingerprint density at radius 1 is 1.53 bits per heavy atom. The van der Waals surface area contributed by atoms with Crippen LogP contribution in [0.15, 0.2) is 30.7 Å². The minimum absolute atomic E-state index is 0.231. The number of carbonyl (C=O) groups is 1. The highest BCUT2D eigenvalue weighted by atomic mass is 16.2. The molecule has 96 valence electrons. The maximum atomic E-state index is 12.0. The molecule has 0 fully saturated rings. The van der Waals surface area contributed by atoms with Gasteiger partial charge in [0.25, 0.3) is 5.91 Å². The SMILES string of the molecule is Cn1nccc1NC(=O)c1cncc(C#CCO)c1. The summed E-state index contributed by atoms with van der Waals surface area (Å²) in [5, 5.41) is 15.3. The van der Waals surface area contributed by atoms with E-state index >= 15 is 0 Å². The zero-order chi connectivity index (χ0) is 13.7. The Morgan fingerprint density at radius 3 is 3.05 bits per heavy atom. The first kappa shape index (κ1) is 12.8. The van der Waals surface area contributed by atoms with Gasteiger partial charge >= 0.3 is 0 Å². The van der Waals surface area contributed by atoms with Crippen LogP contribution >= 0.6 is 0 Å². The summed E-state index contributed by atoms with van der Waals surface area (Å²) in [7, 11) is 1.73. The van der Waals surface area contributed by atoms with Crippen LogP contribution in [0.4, 0.5) is 5.82 Å². The fraction of sp³-hybridized carbons (Fsp3) is 0.154. The van der Waals surface area contributed by atoms with Crippen LogP contribution in [0.3, 0.4) is 0 Å². The lowest BCUT2D eigenvalue weighted by atomic mass is 10.2. The van der Waals surface area contributed by atoms with Gasteiger partial charge in [-0.05, 0) is 6.07 Å². The van der Waals surface area contributed by atoms with Crippen LogP contribution in [0.25, 0.3) is 0 Å². The average Bonchev–Trinajstić information content (AvgIpc) is 2.82. The molecule has 0 saturated heterocycles. The van der Waals surface area contributed by atoms with Crippen molar-refractivity contribution in [3.05, 3.63) is 41.9 Å². The van der Waals surface area contributed by atoms with E-state index in [1.54, 1.807) is 30.1 Å². The molecule has 6 nitrogen and oxygen atoms in total. The van der Waals surface area contributed by atoms with E-state index < -0.39 is 0 Å². The minimum atomic E-state index is -0.288. The first-order valence-corrected chi connectivity index (χ1v) is 5.55. The van der Waals surface area contributed by atoms with E-state index in [4.69, 9.17) is 5.11 Å². The molecule has 0 aromatic carbocycles. The fourth-order valence-corrected chi connectivity index (χ4v) is 1.46. The van der Waals surface area contributed by atoms with Gasteiger partial charge in [-0.25, -0.2) is 0 Å². The highest BCUT2D eigenvalue weighted by Crippen LogP contribution is 2.08. The number of aliphatic hydroxyl groups excluding tert-OH is 1. The van der Waals surface area contributed by atoms with E-state index in [9.17, 15) is 4.79 Å². The van der Waals surface area contributed by atoms with E-state index in [0.29, 0.717) is 16.9 Å². The zero-order valence-electron chi connectivity index (χ0n) is 10.3. The summed E-state index contributed by atoms with van der Waals surface area (Å²) in [6.45, 7) is -0.231. The van der Waals surface area contributed by atoms with Crippen molar-refractivity contribution in [3.63, 3.8) is 0 Å². The summed E-state index contributed by atoms with van der Waals surface area (Å²) in [4.78, 5) is 15.9. The number of aliphatic hydroxyl groups is 1. The van der Waals surface area contributed by atoms with Gasteiger partial charge in [-0.2, -0.15) is 5.10 Å². The monoisotopic (exact) mass is 256 g/mol. The molecule has 0 saturated carbocycles. The first-order valence-electron chi connectivity index (χ1n) is 5.55. The van der Waals surface area contributed by atoms with E-state index in [2.05, 4.69) is 27.2 Å². The molecule has 2 N–H and O–H groups in total. The third kappa shape index (κ3) is 3.18. The van der Waals surface area contributed by atoms with Gasteiger partial charge in [0, 0.05) is 31.1 Å². The van der Waals surface area contributed by atoms with Gasteiger partial charge in [-0.15, -0.1) is 0 Å². The summed E-state index contributed by atoms with van der Waals surface area (Å²) in [6, 6.07) is 3.31. The predicted molar refractivity (Wildman–Crippen MR) is 69.4 cm³/mol. The van der Waals surface area contributed by atoms with E-state index in [-0.39, 0.29) is 12.5 Å². The van der Waals surface area contributed by atoms with E-state index in [1.807, 2.05) is 0 Å². The fourth-order valence-electron chi connectivity index (χ4n) is 1.46. The van der Waals surface area contributed by atoms with Crippen molar-refractivity contribution in [2.45, 2.75) is 0 Å². The van der Waals surface area contributed by atoms with Crippen molar-refractivity contribution < 1.29 is 9.90 Å². The Balaban J connectivity index is 2.17. The number of hydrogen-bond donors (Lipinski definition) is 2. The second-order valence-corrected chi connectivity index (χ2v) is 3.72. The van der Waals surface area contributed by atoms with Gasteiger partial charge in [0.1, 0.15) is 12.4 Å². The smallest absolute Gasteiger partial charge is 0.258 e. The molecule has 0 atom stereocenters. The van der Waals surface area contributed by atoms with Crippen molar-refractivity contribution in [3.8, 4) is 11.8 Å². The molecule has 1 amide bonds. The second-order valence-electron chi connectivity index (χ2n) is 3.72. The Kier molecular flexibility index (Phi) is 3.90. The zero-order valence-corrected chi connectivity index (χ0v) is 10.3.